The Balaban J connectivity index is 1.49. The Bertz CT molecular complexity index is 853. The zero-order valence-corrected chi connectivity index (χ0v) is 13.4. The van der Waals surface area contributed by atoms with E-state index in [1.165, 1.54) is 0 Å². The highest BCUT2D eigenvalue weighted by Gasteiger charge is 2.32. The van der Waals surface area contributed by atoms with Crippen LogP contribution >= 0.6 is 0 Å². The van der Waals surface area contributed by atoms with Crippen LogP contribution in [0, 0.1) is 0 Å². The molecule has 0 radical (unpaired) electrons. The fraction of sp³-hybridized carbons (Fsp3) is 0.278. The largest absolute Gasteiger partial charge is 0.347 e. The molecule has 1 amide bonds. The van der Waals surface area contributed by atoms with E-state index in [-0.39, 0.29) is 11.8 Å². The molecule has 122 valence electrons. The summed E-state index contributed by atoms with van der Waals surface area (Å²) in [6.45, 7) is 1.32. The van der Waals surface area contributed by atoms with E-state index in [0.717, 1.165) is 12.0 Å². The molecule has 1 fully saturated rings. The number of aromatic nitrogens is 3. The summed E-state index contributed by atoms with van der Waals surface area (Å²) < 4.78 is 7.28. The second kappa shape index (κ2) is 5.96. The third-order valence-electron chi connectivity index (χ3n) is 4.46. The molecule has 6 nitrogen and oxygen atoms in total. The number of hydrogen-bond acceptors (Lipinski definition) is 4. The molecule has 0 saturated carbocycles. The van der Waals surface area contributed by atoms with Crippen LogP contribution in [0.1, 0.15) is 28.7 Å². The standard InChI is InChI=1S/C18H18N4O2/c1-21-10-5-8-15(21)18(23)22-11-9-14(12-22)17-19-16(20-24-17)13-6-3-2-4-7-13/h2-8,10,14H,9,11-12H2,1H3/t14-/m0/s1. The van der Waals surface area contributed by atoms with Gasteiger partial charge in [0.25, 0.3) is 5.91 Å². The van der Waals surface area contributed by atoms with Crippen LogP contribution in [0.15, 0.2) is 53.2 Å². The van der Waals surface area contributed by atoms with Crippen molar-refractivity contribution in [1.82, 2.24) is 19.6 Å². The maximum absolute atomic E-state index is 12.6. The van der Waals surface area contributed by atoms with Crippen molar-refractivity contribution in [1.29, 1.82) is 0 Å². The van der Waals surface area contributed by atoms with E-state index in [1.54, 1.807) is 0 Å². The summed E-state index contributed by atoms with van der Waals surface area (Å²) >= 11 is 0. The van der Waals surface area contributed by atoms with Gasteiger partial charge in [0.05, 0.1) is 5.92 Å². The van der Waals surface area contributed by atoms with E-state index in [0.29, 0.717) is 30.5 Å². The number of likely N-dealkylation sites (tertiary alicyclic amines) is 1. The van der Waals surface area contributed by atoms with Gasteiger partial charge in [-0.2, -0.15) is 4.98 Å². The quantitative estimate of drug-likeness (QED) is 0.744. The molecule has 0 bridgehead atoms. The Morgan fingerprint density at radius 1 is 1.21 bits per heavy atom. The number of aryl methyl sites for hydroxylation is 1. The van der Waals surface area contributed by atoms with Crippen molar-refractivity contribution in [2.24, 2.45) is 7.05 Å². The highest BCUT2D eigenvalue weighted by Crippen LogP contribution is 2.28. The van der Waals surface area contributed by atoms with Crippen molar-refractivity contribution >= 4 is 5.91 Å². The molecule has 1 atom stereocenters. The fourth-order valence-electron chi connectivity index (χ4n) is 3.10. The molecule has 1 saturated heterocycles. The van der Waals surface area contributed by atoms with Gasteiger partial charge in [0.1, 0.15) is 5.69 Å². The fourth-order valence-corrected chi connectivity index (χ4v) is 3.10. The third-order valence-corrected chi connectivity index (χ3v) is 4.46. The number of benzene rings is 1. The average Bonchev–Trinajstić information content (AvgIpc) is 3.35. The Kier molecular flexibility index (Phi) is 3.65. The number of hydrogen-bond donors (Lipinski definition) is 0. The van der Waals surface area contributed by atoms with E-state index < -0.39 is 0 Å². The summed E-state index contributed by atoms with van der Waals surface area (Å²) in [4.78, 5) is 18.9. The number of amides is 1. The SMILES string of the molecule is Cn1cccc1C(=O)N1CC[C@H](c2nc(-c3ccccc3)no2)C1. The summed E-state index contributed by atoms with van der Waals surface area (Å²) in [5.74, 6) is 1.35. The van der Waals surface area contributed by atoms with Gasteiger partial charge in [-0.15, -0.1) is 0 Å². The van der Waals surface area contributed by atoms with Crippen molar-refractivity contribution in [3.05, 3.63) is 60.2 Å². The van der Waals surface area contributed by atoms with E-state index in [9.17, 15) is 4.79 Å². The second-order valence-corrected chi connectivity index (χ2v) is 6.06. The molecule has 3 aromatic rings. The van der Waals surface area contributed by atoms with Crippen LogP contribution in [-0.4, -0.2) is 38.6 Å². The third kappa shape index (κ3) is 2.60. The summed E-state index contributed by atoms with van der Waals surface area (Å²) in [5, 5.41) is 4.07. The zero-order valence-electron chi connectivity index (χ0n) is 13.4. The van der Waals surface area contributed by atoms with Crippen LogP contribution in [0.3, 0.4) is 0 Å². The molecule has 2 aromatic heterocycles. The molecule has 0 N–H and O–H groups in total. The molecular weight excluding hydrogens is 304 g/mol. The van der Waals surface area contributed by atoms with Gasteiger partial charge in [-0.25, -0.2) is 0 Å². The molecule has 24 heavy (non-hydrogen) atoms. The first kappa shape index (κ1) is 14.7. The molecule has 6 heteroatoms. The van der Waals surface area contributed by atoms with Crippen LogP contribution in [-0.2, 0) is 7.05 Å². The molecule has 3 heterocycles. The highest BCUT2D eigenvalue weighted by atomic mass is 16.5. The van der Waals surface area contributed by atoms with Gasteiger partial charge in [-0.3, -0.25) is 4.79 Å². The lowest BCUT2D eigenvalue weighted by Gasteiger charge is -2.16. The van der Waals surface area contributed by atoms with Gasteiger partial charge in [0.2, 0.25) is 11.7 Å². The normalized spacial score (nSPS) is 17.4. The lowest BCUT2D eigenvalue weighted by molar-refractivity contribution is 0.0780. The first-order valence-corrected chi connectivity index (χ1v) is 8.02. The smallest absolute Gasteiger partial charge is 0.270 e. The molecule has 4 rings (SSSR count). The van der Waals surface area contributed by atoms with Gasteiger partial charge in [-0.05, 0) is 18.6 Å². The predicted molar refractivity (Wildman–Crippen MR) is 88.4 cm³/mol. The van der Waals surface area contributed by atoms with Crippen LogP contribution in [0.5, 0.6) is 0 Å². The zero-order chi connectivity index (χ0) is 16.5. The topological polar surface area (TPSA) is 64.2 Å². The molecule has 1 aliphatic rings. The molecular formula is C18H18N4O2. The Morgan fingerprint density at radius 3 is 2.79 bits per heavy atom. The van der Waals surface area contributed by atoms with Gasteiger partial charge in [-0.1, -0.05) is 35.5 Å². The molecule has 1 aromatic carbocycles. The number of nitrogens with zero attached hydrogens (tertiary/aromatic N) is 4. The molecule has 0 aliphatic carbocycles. The van der Waals surface area contributed by atoms with Crippen molar-refractivity contribution in [2.45, 2.75) is 12.3 Å². The van der Waals surface area contributed by atoms with Gasteiger partial charge < -0.3 is 14.0 Å². The van der Waals surface area contributed by atoms with Gasteiger partial charge in [0.15, 0.2) is 0 Å². The summed E-state index contributed by atoms with van der Waals surface area (Å²) in [6.07, 6.45) is 2.72. The Morgan fingerprint density at radius 2 is 2.04 bits per heavy atom. The summed E-state index contributed by atoms with van der Waals surface area (Å²) in [5.41, 5.74) is 1.63. The Hall–Kier alpha value is -2.89. The van der Waals surface area contributed by atoms with Crippen molar-refractivity contribution in [3.8, 4) is 11.4 Å². The molecule has 0 spiro atoms. The predicted octanol–water partition coefficient (Wildman–Crippen LogP) is 2.70. The van der Waals surface area contributed by atoms with Crippen molar-refractivity contribution in [3.63, 3.8) is 0 Å². The Labute approximate surface area is 139 Å². The van der Waals surface area contributed by atoms with E-state index >= 15 is 0 Å². The van der Waals surface area contributed by atoms with Crippen molar-refractivity contribution < 1.29 is 9.32 Å². The second-order valence-electron chi connectivity index (χ2n) is 6.06. The lowest BCUT2D eigenvalue weighted by Crippen LogP contribution is -2.29. The maximum Gasteiger partial charge on any atom is 0.270 e. The summed E-state index contributed by atoms with van der Waals surface area (Å²) in [6, 6.07) is 13.5. The monoisotopic (exact) mass is 322 g/mol. The lowest BCUT2D eigenvalue weighted by atomic mass is 10.1. The number of rotatable bonds is 3. The van der Waals surface area contributed by atoms with E-state index in [1.807, 2.05) is 65.2 Å². The van der Waals surface area contributed by atoms with E-state index in [4.69, 9.17) is 4.52 Å². The summed E-state index contributed by atoms with van der Waals surface area (Å²) in [7, 11) is 1.88. The van der Waals surface area contributed by atoms with E-state index in [2.05, 4.69) is 10.1 Å². The average molecular weight is 322 g/mol. The first-order chi connectivity index (χ1) is 11.7. The highest BCUT2D eigenvalue weighted by molar-refractivity contribution is 5.93. The van der Waals surface area contributed by atoms with Crippen molar-refractivity contribution in [2.75, 3.05) is 13.1 Å². The van der Waals surface area contributed by atoms with Crippen LogP contribution in [0.4, 0.5) is 0 Å². The molecule has 1 aliphatic heterocycles. The first-order valence-electron chi connectivity index (χ1n) is 8.02. The minimum absolute atomic E-state index is 0.0489. The van der Waals surface area contributed by atoms with Gasteiger partial charge in [0, 0.05) is 31.9 Å². The van der Waals surface area contributed by atoms with Crippen LogP contribution in [0.2, 0.25) is 0 Å². The van der Waals surface area contributed by atoms with Crippen LogP contribution in [0.25, 0.3) is 11.4 Å². The van der Waals surface area contributed by atoms with Crippen LogP contribution < -0.4 is 0 Å². The minimum atomic E-state index is 0.0489. The maximum atomic E-state index is 12.6. The van der Waals surface area contributed by atoms with Gasteiger partial charge >= 0.3 is 0 Å². The number of carbonyl (C=O) groups excluding carboxylic acids is 1. The number of carbonyl (C=O) groups is 1. The molecule has 0 unspecified atom stereocenters. The minimum Gasteiger partial charge on any atom is -0.347 e.